The van der Waals surface area contributed by atoms with Crippen molar-refractivity contribution in [2.24, 2.45) is 0 Å². The van der Waals surface area contributed by atoms with Gasteiger partial charge >= 0.3 is 0 Å². The monoisotopic (exact) mass is 236 g/mol. The SMILES string of the molecule is CC(CO)c1cc2cc(Cl)ccc2cc1O. The Hall–Kier alpha value is -1.25. The van der Waals surface area contributed by atoms with Crippen LogP contribution in [-0.4, -0.2) is 16.8 Å². The Bertz CT molecular complexity index is 523. The molecule has 0 aromatic heterocycles. The molecule has 0 aliphatic rings. The van der Waals surface area contributed by atoms with Gasteiger partial charge in [0.15, 0.2) is 0 Å². The molecule has 0 heterocycles. The Balaban J connectivity index is 2.64. The van der Waals surface area contributed by atoms with Gasteiger partial charge in [0.05, 0.1) is 0 Å². The van der Waals surface area contributed by atoms with Gasteiger partial charge in [-0.25, -0.2) is 0 Å². The van der Waals surface area contributed by atoms with Crippen molar-refractivity contribution in [2.45, 2.75) is 12.8 Å². The van der Waals surface area contributed by atoms with Gasteiger partial charge in [-0.3, -0.25) is 0 Å². The molecule has 2 rings (SSSR count). The van der Waals surface area contributed by atoms with Gasteiger partial charge in [-0.1, -0.05) is 24.6 Å². The molecule has 0 aliphatic heterocycles. The summed E-state index contributed by atoms with van der Waals surface area (Å²) in [5.74, 6) is 0.139. The molecule has 0 radical (unpaired) electrons. The first-order valence-electron chi connectivity index (χ1n) is 5.15. The van der Waals surface area contributed by atoms with Crippen LogP contribution in [0.25, 0.3) is 10.8 Å². The van der Waals surface area contributed by atoms with Gasteiger partial charge in [0.25, 0.3) is 0 Å². The van der Waals surface area contributed by atoms with Gasteiger partial charge in [-0.05, 0) is 40.6 Å². The van der Waals surface area contributed by atoms with E-state index in [0.717, 1.165) is 16.3 Å². The molecule has 0 saturated carbocycles. The molecule has 84 valence electrons. The average Bonchev–Trinajstić information content (AvgIpc) is 2.28. The van der Waals surface area contributed by atoms with E-state index in [4.69, 9.17) is 16.7 Å². The highest BCUT2D eigenvalue weighted by Crippen LogP contribution is 2.31. The maximum absolute atomic E-state index is 9.84. The molecule has 2 nitrogen and oxygen atoms in total. The summed E-state index contributed by atoms with van der Waals surface area (Å²) in [6.07, 6.45) is 0. The van der Waals surface area contributed by atoms with Crippen LogP contribution in [-0.2, 0) is 0 Å². The molecule has 3 heteroatoms. The van der Waals surface area contributed by atoms with Gasteiger partial charge in [0.1, 0.15) is 5.75 Å². The Kier molecular flexibility index (Phi) is 3.03. The summed E-state index contributed by atoms with van der Waals surface area (Å²) in [4.78, 5) is 0. The lowest BCUT2D eigenvalue weighted by atomic mass is 9.97. The van der Waals surface area contributed by atoms with Gasteiger partial charge in [0.2, 0.25) is 0 Å². The number of hydrogen-bond acceptors (Lipinski definition) is 2. The number of rotatable bonds is 2. The van der Waals surface area contributed by atoms with E-state index in [1.165, 1.54) is 0 Å². The summed E-state index contributed by atoms with van der Waals surface area (Å²) < 4.78 is 0. The van der Waals surface area contributed by atoms with Gasteiger partial charge < -0.3 is 10.2 Å². The van der Waals surface area contributed by atoms with Crippen LogP contribution >= 0.6 is 11.6 Å². The zero-order valence-corrected chi connectivity index (χ0v) is 9.70. The first-order chi connectivity index (χ1) is 7.61. The van der Waals surface area contributed by atoms with Crippen LogP contribution in [0.3, 0.4) is 0 Å². The third kappa shape index (κ3) is 1.99. The topological polar surface area (TPSA) is 40.5 Å². The fourth-order valence-electron chi connectivity index (χ4n) is 1.77. The summed E-state index contributed by atoms with van der Waals surface area (Å²) in [7, 11) is 0. The molecule has 0 bridgehead atoms. The van der Waals surface area contributed by atoms with Crippen LogP contribution in [0.1, 0.15) is 18.4 Å². The third-order valence-electron chi connectivity index (χ3n) is 2.75. The van der Waals surface area contributed by atoms with Crippen molar-refractivity contribution < 1.29 is 10.2 Å². The Morgan fingerprint density at radius 2 is 1.94 bits per heavy atom. The number of phenols is 1. The van der Waals surface area contributed by atoms with Crippen LogP contribution in [0.5, 0.6) is 5.75 Å². The van der Waals surface area contributed by atoms with Crippen molar-refractivity contribution >= 4 is 22.4 Å². The first-order valence-corrected chi connectivity index (χ1v) is 5.52. The van der Waals surface area contributed by atoms with Gasteiger partial charge in [0, 0.05) is 17.5 Å². The number of hydrogen-bond donors (Lipinski definition) is 2. The summed E-state index contributed by atoms with van der Waals surface area (Å²) in [6, 6.07) is 9.08. The summed E-state index contributed by atoms with van der Waals surface area (Å²) in [5.41, 5.74) is 0.747. The predicted octanol–water partition coefficient (Wildman–Crippen LogP) is 3.29. The zero-order valence-electron chi connectivity index (χ0n) is 8.94. The van der Waals surface area contributed by atoms with Crippen molar-refractivity contribution in [1.82, 2.24) is 0 Å². The minimum absolute atomic E-state index is 0.0135. The molecule has 0 spiro atoms. The molecule has 2 N–H and O–H groups in total. The summed E-state index contributed by atoms with van der Waals surface area (Å²) in [5, 5.41) is 21.5. The van der Waals surface area contributed by atoms with Crippen molar-refractivity contribution in [1.29, 1.82) is 0 Å². The van der Waals surface area contributed by atoms with E-state index < -0.39 is 0 Å². The van der Waals surface area contributed by atoms with E-state index in [1.807, 2.05) is 25.1 Å². The van der Waals surface area contributed by atoms with Gasteiger partial charge in [-0.2, -0.15) is 0 Å². The average molecular weight is 237 g/mol. The highest BCUT2D eigenvalue weighted by molar-refractivity contribution is 6.31. The summed E-state index contributed by atoms with van der Waals surface area (Å²) in [6.45, 7) is 1.88. The number of aromatic hydroxyl groups is 1. The number of phenolic OH excluding ortho intramolecular Hbond substituents is 1. The fraction of sp³-hybridized carbons (Fsp3) is 0.231. The maximum atomic E-state index is 9.84. The molecule has 0 aliphatic carbocycles. The highest BCUT2D eigenvalue weighted by atomic mass is 35.5. The number of aliphatic hydroxyl groups is 1. The molecule has 1 unspecified atom stereocenters. The van der Waals surface area contributed by atoms with Crippen molar-refractivity contribution in [2.75, 3.05) is 6.61 Å². The number of halogens is 1. The molecule has 0 fully saturated rings. The minimum atomic E-state index is -0.0802. The van der Waals surface area contributed by atoms with E-state index in [-0.39, 0.29) is 18.3 Å². The second kappa shape index (κ2) is 4.32. The predicted molar refractivity (Wildman–Crippen MR) is 66.1 cm³/mol. The Morgan fingerprint density at radius 3 is 2.62 bits per heavy atom. The van der Waals surface area contributed by atoms with Crippen molar-refractivity contribution in [3.05, 3.63) is 40.9 Å². The third-order valence-corrected chi connectivity index (χ3v) is 2.99. The number of aliphatic hydroxyl groups excluding tert-OH is 1. The lowest BCUT2D eigenvalue weighted by molar-refractivity contribution is 0.270. The minimum Gasteiger partial charge on any atom is -0.508 e. The quantitative estimate of drug-likeness (QED) is 0.840. The van der Waals surface area contributed by atoms with Crippen LogP contribution in [0, 0.1) is 0 Å². The van der Waals surface area contributed by atoms with Crippen molar-refractivity contribution in [3.63, 3.8) is 0 Å². The van der Waals surface area contributed by atoms with Crippen LogP contribution in [0.4, 0.5) is 0 Å². The molecular weight excluding hydrogens is 224 g/mol. The molecule has 2 aromatic rings. The largest absolute Gasteiger partial charge is 0.508 e. The molecular formula is C13H13ClO2. The molecule has 2 aromatic carbocycles. The normalized spacial score (nSPS) is 12.9. The lowest BCUT2D eigenvalue weighted by Crippen LogP contribution is -1.99. The number of fused-ring (bicyclic) bond motifs is 1. The van der Waals surface area contributed by atoms with Crippen LogP contribution in [0.15, 0.2) is 30.3 Å². The van der Waals surface area contributed by atoms with Crippen molar-refractivity contribution in [3.8, 4) is 5.75 Å². The second-order valence-corrected chi connectivity index (χ2v) is 4.42. The van der Waals surface area contributed by atoms with Crippen LogP contribution in [0.2, 0.25) is 5.02 Å². The maximum Gasteiger partial charge on any atom is 0.119 e. The second-order valence-electron chi connectivity index (χ2n) is 3.99. The Labute approximate surface area is 99.1 Å². The van der Waals surface area contributed by atoms with Gasteiger partial charge in [-0.15, -0.1) is 0 Å². The molecule has 1 atom stereocenters. The summed E-state index contributed by atoms with van der Waals surface area (Å²) >= 11 is 5.91. The molecule has 0 amide bonds. The highest BCUT2D eigenvalue weighted by Gasteiger charge is 2.10. The fourth-order valence-corrected chi connectivity index (χ4v) is 1.95. The van der Waals surface area contributed by atoms with Crippen LogP contribution < -0.4 is 0 Å². The van der Waals surface area contributed by atoms with E-state index in [1.54, 1.807) is 12.1 Å². The van der Waals surface area contributed by atoms with E-state index in [2.05, 4.69) is 0 Å². The molecule has 16 heavy (non-hydrogen) atoms. The standard InChI is InChI=1S/C13H13ClO2/c1-8(7-15)12-5-10-4-11(14)3-2-9(10)6-13(12)16/h2-6,8,15-16H,7H2,1H3. The van der Waals surface area contributed by atoms with E-state index in [9.17, 15) is 5.11 Å². The Morgan fingerprint density at radius 1 is 1.19 bits per heavy atom. The molecule has 0 saturated heterocycles. The van der Waals surface area contributed by atoms with E-state index in [0.29, 0.717) is 5.02 Å². The van der Waals surface area contributed by atoms with E-state index >= 15 is 0 Å². The first kappa shape index (κ1) is 11.2. The zero-order chi connectivity index (χ0) is 11.7. The number of benzene rings is 2. The lowest BCUT2D eigenvalue weighted by Gasteiger charge is -2.12. The smallest absolute Gasteiger partial charge is 0.119 e.